The van der Waals surface area contributed by atoms with Crippen molar-refractivity contribution in [1.82, 2.24) is 9.72 Å². The molecule has 6 heteroatoms. The summed E-state index contributed by atoms with van der Waals surface area (Å²) < 4.78 is 17.9. The van der Waals surface area contributed by atoms with Gasteiger partial charge in [-0.15, -0.1) is 0 Å². The number of carbonyl (C=O) groups is 1. The van der Waals surface area contributed by atoms with Crippen LogP contribution in [0, 0.1) is 0 Å². The zero-order chi connectivity index (χ0) is 17.8. The van der Waals surface area contributed by atoms with E-state index in [1.54, 1.807) is 27.5 Å². The number of nitrogens with one attached hydrogen (secondary N) is 1. The molecule has 3 aromatic rings. The van der Waals surface area contributed by atoms with Gasteiger partial charge < -0.3 is 23.9 Å². The quantitative estimate of drug-likeness (QED) is 0.749. The molecule has 3 rings (SSSR count). The Morgan fingerprint density at radius 1 is 1.04 bits per heavy atom. The zero-order valence-corrected chi connectivity index (χ0v) is 14.4. The van der Waals surface area contributed by atoms with Gasteiger partial charge in [-0.3, -0.25) is 4.79 Å². The Labute approximate surface area is 145 Å². The Kier molecular flexibility index (Phi) is 4.79. The third kappa shape index (κ3) is 3.38. The fraction of sp³-hybridized carbons (Fsp3) is 0.211. The summed E-state index contributed by atoms with van der Waals surface area (Å²) in [6, 6.07) is 11.3. The van der Waals surface area contributed by atoms with Crippen LogP contribution in [0.5, 0.6) is 17.2 Å². The SMILES string of the molecule is COc1cc(CNC(=O)c2cc3ccccn3c2)cc(OC)c1OC. The van der Waals surface area contributed by atoms with Crippen molar-refractivity contribution in [2.45, 2.75) is 6.54 Å². The fourth-order valence-electron chi connectivity index (χ4n) is 2.70. The van der Waals surface area contributed by atoms with Crippen molar-refractivity contribution in [3.8, 4) is 17.2 Å². The monoisotopic (exact) mass is 340 g/mol. The number of pyridine rings is 1. The van der Waals surface area contributed by atoms with Gasteiger partial charge in [-0.25, -0.2) is 0 Å². The van der Waals surface area contributed by atoms with E-state index >= 15 is 0 Å². The number of ether oxygens (including phenoxy) is 3. The van der Waals surface area contributed by atoms with E-state index in [0.717, 1.165) is 11.1 Å². The van der Waals surface area contributed by atoms with Crippen LogP contribution in [0.1, 0.15) is 15.9 Å². The Morgan fingerprint density at radius 2 is 1.76 bits per heavy atom. The lowest BCUT2D eigenvalue weighted by molar-refractivity contribution is 0.0951. The molecule has 0 saturated carbocycles. The molecule has 0 radical (unpaired) electrons. The number of fused-ring (bicyclic) bond motifs is 1. The van der Waals surface area contributed by atoms with Crippen molar-refractivity contribution in [1.29, 1.82) is 0 Å². The van der Waals surface area contributed by atoms with Crippen LogP contribution in [0.4, 0.5) is 0 Å². The minimum absolute atomic E-state index is 0.141. The highest BCUT2D eigenvalue weighted by atomic mass is 16.5. The molecule has 1 aromatic carbocycles. The molecule has 1 amide bonds. The second-order valence-electron chi connectivity index (χ2n) is 5.48. The fourth-order valence-corrected chi connectivity index (χ4v) is 2.70. The molecule has 1 N–H and O–H groups in total. The van der Waals surface area contributed by atoms with Gasteiger partial charge in [0.15, 0.2) is 11.5 Å². The average molecular weight is 340 g/mol. The third-order valence-corrected chi connectivity index (χ3v) is 3.94. The molecule has 0 fully saturated rings. The van der Waals surface area contributed by atoms with Gasteiger partial charge in [0, 0.05) is 24.5 Å². The Morgan fingerprint density at radius 3 is 2.36 bits per heavy atom. The lowest BCUT2D eigenvalue weighted by atomic mass is 10.1. The first-order valence-corrected chi connectivity index (χ1v) is 7.80. The summed E-state index contributed by atoms with van der Waals surface area (Å²) in [7, 11) is 4.68. The van der Waals surface area contributed by atoms with E-state index in [-0.39, 0.29) is 5.91 Å². The number of hydrogen-bond acceptors (Lipinski definition) is 4. The summed E-state index contributed by atoms with van der Waals surface area (Å²) in [6.07, 6.45) is 3.71. The number of amides is 1. The van der Waals surface area contributed by atoms with E-state index in [4.69, 9.17) is 14.2 Å². The van der Waals surface area contributed by atoms with Crippen molar-refractivity contribution in [3.63, 3.8) is 0 Å². The lowest BCUT2D eigenvalue weighted by Crippen LogP contribution is -2.22. The topological polar surface area (TPSA) is 61.2 Å². The van der Waals surface area contributed by atoms with E-state index in [2.05, 4.69) is 5.32 Å². The standard InChI is InChI=1S/C19H20N2O4/c1-23-16-8-13(9-17(24-2)18(16)25-3)11-20-19(22)14-10-15-6-4-5-7-21(15)12-14/h4-10,12H,11H2,1-3H3,(H,20,22). The van der Waals surface area contributed by atoms with Gasteiger partial charge in [-0.05, 0) is 35.9 Å². The molecule has 2 heterocycles. The van der Waals surface area contributed by atoms with Crippen LogP contribution in [-0.2, 0) is 6.54 Å². The second kappa shape index (κ2) is 7.17. The van der Waals surface area contributed by atoms with Crippen LogP contribution >= 0.6 is 0 Å². The number of methoxy groups -OCH3 is 3. The Hall–Kier alpha value is -3.15. The summed E-state index contributed by atoms with van der Waals surface area (Å²) in [5.41, 5.74) is 2.44. The first-order chi connectivity index (χ1) is 12.2. The van der Waals surface area contributed by atoms with Crippen molar-refractivity contribution in [2.24, 2.45) is 0 Å². The van der Waals surface area contributed by atoms with Gasteiger partial charge in [0.2, 0.25) is 5.75 Å². The van der Waals surface area contributed by atoms with Gasteiger partial charge in [-0.2, -0.15) is 0 Å². The predicted molar refractivity (Wildman–Crippen MR) is 94.7 cm³/mol. The van der Waals surface area contributed by atoms with Crippen LogP contribution in [0.25, 0.3) is 5.52 Å². The van der Waals surface area contributed by atoms with E-state index < -0.39 is 0 Å². The molecule has 0 bridgehead atoms. The van der Waals surface area contributed by atoms with E-state index in [9.17, 15) is 4.79 Å². The van der Waals surface area contributed by atoms with Crippen LogP contribution < -0.4 is 19.5 Å². The number of nitrogens with zero attached hydrogens (tertiary/aromatic N) is 1. The molecule has 0 aliphatic rings. The molecule has 0 aliphatic heterocycles. The second-order valence-corrected chi connectivity index (χ2v) is 5.48. The summed E-state index contributed by atoms with van der Waals surface area (Å²) in [6.45, 7) is 0.349. The smallest absolute Gasteiger partial charge is 0.253 e. The van der Waals surface area contributed by atoms with Gasteiger partial charge in [-0.1, -0.05) is 6.07 Å². The third-order valence-electron chi connectivity index (χ3n) is 3.94. The van der Waals surface area contributed by atoms with Crippen molar-refractivity contribution in [3.05, 3.63) is 59.9 Å². The Balaban J connectivity index is 1.77. The molecule has 0 spiro atoms. The molecule has 6 nitrogen and oxygen atoms in total. The maximum atomic E-state index is 12.4. The molecular formula is C19H20N2O4. The maximum absolute atomic E-state index is 12.4. The largest absolute Gasteiger partial charge is 0.493 e. The molecule has 130 valence electrons. The maximum Gasteiger partial charge on any atom is 0.253 e. The van der Waals surface area contributed by atoms with Crippen molar-refractivity contribution in [2.75, 3.05) is 21.3 Å². The normalized spacial score (nSPS) is 10.5. The van der Waals surface area contributed by atoms with Crippen molar-refractivity contribution < 1.29 is 19.0 Å². The van der Waals surface area contributed by atoms with Crippen LogP contribution in [0.15, 0.2) is 48.8 Å². The molecular weight excluding hydrogens is 320 g/mol. The summed E-state index contributed by atoms with van der Waals surface area (Å²) >= 11 is 0. The highest BCUT2D eigenvalue weighted by Crippen LogP contribution is 2.38. The molecule has 0 saturated heterocycles. The molecule has 2 aromatic heterocycles. The van der Waals surface area contributed by atoms with Gasteiger partial charge in [0.25, 0.3) is 5.91 Å². The summed E-state index contributed by atoms with van der Waals surface area (Å²) in [5.74, 6) is 1.50. The van der Waals surface area contributed by atoms with Crippen LogP contribution in [0.2, 0.25) is 0 Å². The molecule has 0 aliphatic carbocycles. The van der Waals surface area contributed by atoms with Gasteiger partial charge in [0.1, 0.15) is 0 Å². The highest BCUT2D eigenvalue weighted by Gasteiger charge is 2.14. The van der Waals surface area contributed by atoms with Crippen molar-refractivity contribution >= 4 is 11.4 Å². The highest BCUT2D eigenvalue weighted by molar-refractivity contribution is 5.95. The lowest BCUT2D eigenvalue weighted by Gasteiger charge is -2.14. The first kappa shape index (κ1) is 16.7. The molecule has 25 heavy (non-hydrogen) atoms. The minimum atomic E-state index is -0.141. The number of aromatic nitrogens is 1. The zero-order valence-electron chi connectivity index (χ0n) is 14.4. The molecule has 0 unspecified atom stereocenters. The van der Waals surface area contributed by atoms with E-state index in [1.807, 2.05) is 47.0 Å². The summed E-state index contributed by atoms with van der Waals surface area (Å²) in [4.78, 5) is 12.4. The predicted octanol–water partition coefficient (Wildman–Crippen LogP) is 2.90. The number of carbonyl (C=O) groups excluding carboxylic acids is 1. The first-order valence-electron chi connectivity index (χ1n) is 7.80. The molecule has 0 atom stereocenters. The van der Waals surface area contributed by atoms with E-state index in [0.29, 0.717) is 29.4 Å². The van der Waals surface area contributed by atoms with Gasteiger partial charge >= 0.3 is 0 Å². The number of rotatable bonds is 6. The minimum Gasteiger partial charge on any atom is -0.493 e. The number of hydrogen-bond donors (Lipinski definition) is 1. The summed E-state index contributed by atoms with van der Waals surface area (Å²) in [5, 5.41) is 2.91. The van der Waals surface area contributed by atoms with E-state index in [1.165, 1.54) is 0 Å². The van der Waals surface area contributed by atoms with Crippen LogP contribution in [0.3, 0.4) is 0 Å². The van der Waals surface area contributed by atoms with Gasteiger partial charge in [0.05, 0.1) is 26.9 Å². The number of benzene rings is 1. The average Bonchev–Trinajstić information content (AvgIpc) is 3.09. The van der Waals surface area contributed by atoms with Crippen LogP contribution in [-0.4, -0.2) is 31.6 Å². The Bertz CT molecular complexity index is 843.